The molecule has 1 aromatic heterocycles. The third-order valence-corrected chi connectivity index (χ3v) is 3.97. The maximum absolute atomic E-state index is 12.5. The van der Waals surface area contributed by atoms with Gasteiger partial charge in [-0.2, -0.15) is 5.10 Å². The molecule has 0 saturated heterocycles. The summed E-state index contributed by atoms with van der Waals surface area (Å²) in [5, 5.41) is 6.76. The van der Waals surface area contributed by atoms with Gasteiger partial charge in [0.25, 0.3) is 11.7 Å². The molecular weight excluding hydrogens is 338 g/mol. The number of amides is 1. The zero-order valence-corrected chi connectivity index (χ0v) is 15.4. The van der Waals surface area contributed by atoms with Gasteiger partial charge in [-0.3, -0.25) is 14.3 Å². The smallest absolute Gasteiger partial charge is 0.343 e. The van der Waals surface area contributed by atoms with Gasteiger partial charge in [0.05, 0.1) is 18.4 Å². The number of benzene rings is 1. The van der Waals surface area contributed by atoms with Crippen molar-refractivity contribution in [3.05, 3.63) is 40.7 Å². The highest BCUT2D eigenvalue weighted by molar-refractivity contribution is 6.47. The number of carbonyl (C=O) groups is 3. The highest BCUT2D eigenvalue weighted by Gasteiger charge is 2.24. The summed E-state index contributed by atoms with van der Waals surface area (Å²) in [7, 11) is 2.99. The summed E-state index contributed by atoms with van der Waals surface area (Å²) in [6.07, 6.45) is 0. The molecule has 8 heteroatoms. The van der Waals surface area contributed by atoms with E-state index in [2.05, 4.69) is 15.2 Å². The van der Waals surface area contributed by atoms with Crippen molar-refractivity contribution >= 4 is 23.3 Å². The molecule has 0 aliphatic rings. The molecule has 1 aromatic carbocycles. The average molecular weight is 359 g/mol. The molecule has 1 heterocycles. The number of aryl methyl sites for hydroxylation is 3. The first kappa shape index (κ1) is 19.2. The quantitative estimate of drug-likeness (QED) is 0.479. The van der Waals surface area contributed by atoms with Crippen LogP contribution in [0.5, 0.6) is 5.75 Å². The van der Waals surface area contributed by atoms with Gasteiger partial charge in [0.2, 0.25) is 0 Å². The Kier molecular flexibility index (Phi) is 5.76. The number of methoxy groups -OCH3 is 1. The van der Waals surface area contributed by atoms with Gasteiger partial charge in [0, 0.05) is 18.4 Å². The van der Waals surface area contributed by atoms with Gasteiger partial charge in [-0.25, -0.2) is 4.79 Å². The van der Waals surface area contributed by atoms with E-state index < -0.39 is 17.7 Å². The second-order valence-electron chi connectivity index (χ2n) is 5.79. The lowest BCUT2D eigenvalue weighted by Crippen LogP contribution is -2.24. The molecule has 0 atom stereocenters. The molecule has 0 radical (unpaired) electrons. The zero-order chi connectivity index (χ0) is 19.4. The molecule has 2 aromatic rings. The Balaban J connectivity index is 2.11. The van der Waals surface area contributed by atoms with Crippen molar-refractivity contribution < 1.29 is 23.9 Å². The van der Waals surface area contributed by atoms with Crippen molar-refractivity contribution in [2.45, 2.75) is 20.8 Å². The third-order valence-electron chi connectivity index (χ3n) is 3.97. The van der Waals surface area contributed by atoms with Crippen molar-refractivity contribution in [1.29, 1.82) is 0 Å². The number of aromatic nitrogens is 2. The van der Waals surface area contributed by atoms with Crippen LogP contribution in [0.2, 0.25) is 0 Å². The molecule has 1 amide bonds. The lowest BCUT2D eigenvalue weighted by Gasteiger charge is -2.11. The molecule has 0 bridgehead atoms. The van der Waals surface area contributed by atoms with Crippen molar-refractivity contribution in [2.75, 3.05) is 19.0 Å². The maximum Gasteiger partial charge on any atom is 0.343 e. The van der Waals surface area contributed by atoms with E-state index in [-0.39, 0.29) is 6.61 Å². The van der Waals surface area contributed by atoms with Crippen LogP contribution in [0.25, 0.3) is 0 Å². The van der Waals surface area contributed by atoms with Crippen molar-refractivity contribution in [2.24, 2.45) is 7.05 Å². The molecule has 0 unspecified atom stereocenters. The minimum absolute atomic E-state index is 0.209. The molecule has 0 aliphatic heterocycles. The van der Waals surface area contributed by atoms with E-state index in [1.54, 1.807) is 50.7 Å². The minimum atomic E-state index is -0.740. The fourth-order valence-electron chi connectivity index (χ4n) is 2.46. The second-order valence-corrected chi connectivity index (χ2v) is 5.79. The number of rotatable bonds is 6. The van der Waals surface area contributed by atoms with Gasteiger partial charge in [-0.15, -0.1) is 0 Å². The minimum Gasteiger partial charge on any atom is -0.482 e. The normalized spacial score (nSPS) is 10.3. The lowest BCUT2D eigenvalue weighted by molar-refractivity contribution is -0.142. The molecule has 26 heavy (non-hydrogen) atoms. The summed E-state index contributed by atoms with van der Waals surface area (Å²) < 4.78 is 11.4. The summed E-state index contributed by atoms with van der Waals surface area (Å²) in [6.45, 7) is 4.97. The SMILES string of the molecule is COC(=O)COc1ccc(NC(=O)C(=O)c2c(C)nn(C)c2C)c(C)c1. The van der Waals surface area contributed by atoms with Crippen LogP contribution in [0.4, 0.5) is 5.69 Å². The Morgan fingerprint density at radius 3 is 2.42 bits per heavy atom. The number of anilines is 1. The van der Waals surface area contributed by atoms with Crippen LogP contribution in [0, 0.1) is 20.8 Å². The number of hydrogen-bond acceptors (Lipinski definition) is 6. The number of hydrogen-bond donors (Lipinski definition) is 1. The number of nitrogens with zero attached hydrogens (tertiary/aromatic N) is 2. The Labute approximate surface area is 151 Å². The number of ether oxygens (including phenoxy) is 2. The number of esters is 1. The first-order valence-electron chi connectivity index (χ1n) is 7.90. The van der Waals surface area contributed by atoms with Crippen LogP contribution in [0.1, 0.15) is 27.3 Å². The number of carbonyl (C=O) groups excluding carboxylic acids is 3. The van der Waals surface area contributed by atoms with Crippen LogP contribution in [-0.2, 0) is 21.4 Å². The van der Waals surface area contributed by atoms with Crippen LogP contribution < -0.4 is 10.1 Å². The second kappa shape index (κ2) is 7.81. The van der Waals surface area contributed by atoms with Gasteiger partial charge in [-0.05, 0) is 44.5 Å². The van der Waals surface area contributed by atoms with E-state index in [1.807, 2.05) is 0 Å². The van der Waals surface area contributed by atoms with Crippen molar-refractivity contribution in [3.63, 3.8) is 0 Å². The lowest BCUT2D eigenvalue weighted by atomic mass is 10.1. The summed E-state index contributed by atoms with van der Waals surface area (Å²) >= 11 is 0. The number of nitrogens with one attached hydrogen (secondary N) is 1. The van der Waals surface area contributed by atoms with E-state index >= 15 is 0 Å². The van der Waals surface area contributed by atoms with Crippen LogP contribution >= 0.6 is 0 Å². The summed E-state index contributed by atoms with van der Waals surface area (Å²) in [6, 6.07) is 4.86. The molecular formula is C18H21N3O5. The van der Waals surface area contributed by atoms with Gasteiger partial charge < -0.3 is 14.8 Å². The Hall–Kier alpha value is -3.16. The van der Waals surface area contributed by atoms with E-state index in [4.69, 9.17) is 4.74 Å². The summed E-state index contributed by atoms with van der Waals surface area (Å²) in [4.78, 5) is 35.9. The van der Waals surface area contributed by atoms with Crippen LogP contribution in [0.3, 0.4) is 0 Å². The monoisotopic (exact) mass is 359 g/mol. The molecule has 0 spiro atoms. The summed E-state index contributed by atoms with van der Waals surface area (Å²) in [5.74, 6) is -1.42. The molecule has 0 aliphatic carbocycles. The molecule has 8 nitrogen and oxygen atoms in total. The predicted octanol–water partition coefficient (Wildman–Crippen LogP) is 1.72. The van der Waals surface area contributed by atoms with E-state index in [0.717, 1.165) is 0 Å². The first-order chi connectivity index (χ1) is 12.2. The molecule has 0 saturated carbocycles. The zero-order valence-electron chi connectivity index (χ0n) is 15.4. The Morgan fingerprint density at radius 1 is 1.19 bits per heavy atom. The highest BCUT2D eigenvalue weighted by Crippen LogP contribution is 2.22. The van der Waals surface area contributed by atoms with Gasteiger partial charge >= 0.3 is 5.97 Å². The molecule has 138 valence electrons. The fraction of sp³-hybridized carbons (Fsp3) is 0.333. The van der Waals surface area contributed by atoms with E-state index in [1.165, 1.54) is 7.11 Å². The van der Waals surface area contributed by atoms with Crippen LogP contribution in [0.15, 0.2) is 18.2 Å². The van der Waals surface area contributed by atoms with Gasteiger partial charge in [0.15, 0.2) is 6.61 Å². The Morgan fingerprint density at radius 2 is 1.88 bits per heavy atom. The predicted molar refractivity (Wildman–Crippen MR) is 94.3 cm³/mol. The molecule has 2 rings (SSSR count). The average Bonchev–Trinajstić information content (AvgIpc) is 2.86. The molecule has 1 N–H and O–H groups in total. The highest BCUT2D eigenvalue weighted by atomic mass is 16.6. The first-order valence-corrected chi connectivity index (χ1v) is 7.90. The fourth-order valence-corrected chi connectivity index (χ4v) is 2.46. The van der Waals surface area contributed by atoms with Crippen molar-refractivity contribution in [1.82, 2.24) is 9.78 Å². The van der Waals surface area contributed by atoms with Gasteiger partial charge in [0.1, 0.15) is 5.75 Å². The maximum atomic E-state index is 12.5. The van der Waals surface area contributed by atoms with Gasteiger partial charge in [-0.1, -0.05) is 0 Å². The van der Waals surface area contributed by atoms with Crippen LogP contribution in [-0.4, -0.2) is 41.2 Å². The number of Topliss-reactive ketones (excluding diaryl/α,β-unsaturated/α-hetero) is 1. The number of ketones is 1. The Bertz CT molecular complexity index is 870. The van der Waals surface area contributed by atoms with E-state index in [0.29, 0.717) is 34.0 Å². The largest absolute Gasteiger partial charge is 0.482 e. The molecule has 0 fully saturated rings. The standard InChI is InChI=1S/C18H21N3O5/c1-10-8-13(26-9-15(22)25-5)6-7-14(10)19-18(24)17(23)16-11(2)20-21(4)12(16)3/h6-8H,9H2,1-5H3,(H,19,24). The third kappa shape index (κ3) is 4.08. The van der Waals surface area contributed by atoms with E-state index in [9.17, 15) is 14.4 Å². The summed E-state index contributed by atoms with van der Waals surface area (Å²) in [5.41, 5.74) is 2.61. The topological polar surface area (TPSA) is 99.5 Å². The van der Waals surface area contributed by atoms with Crippen molar-refractivity contribution in [3.8, 4) is 5.75 Å².